The number of alkyl halides is 6. The number of hydrogen-bond acceptors (Lipinski definition) is 1. The van der Waals surface area contributed by atoms with Crippen molar-refractivity contribution in [2.45, 2.75) is 18.5 Å². The highest BCUT2D eigenvalue weighted by Gasteiger charge is 2.35. The van der Waals surface area contributed by atoms with E-state index in [0.717, 1.165) is 0 Å². The van der Waals surface area contributed by atoms with Crippen molar-refractivity contribution in [3.05, 3.63) is 28.0 Å². The molecule has 1 aromatic rings. The van der Waals surface area contributed by atoms with E-state index in [0.29, 0.717) is 0 Å². The van der Waals surface area contributed by atoms with Crippen molar-refractivity contribution in [2.75, 3.05) is 0 Å². The summed E-state index contributed by atoms with van der Waals surface area (Å²) in [6, 6.07) is 0.276. The van der Waals surface area contributed by atoms with E-state index in [1.807, 2.05) is 0 Å². The van der Waals surface area contributed by atoms with Crippen molar-refractivity contribution < 1.29 is 22.0 Å². The first-order valence-corrected chi connectivity index (χ1v) is 4.79. The number of hydrogen-bond donors (Lipinski definition) is 0. The van der Waals surface area contributed by atoms with Crippen LogP contribution in [0.15, 0.2) is 6.07 Å². The topological polar surface area (TPSA) is 12.9 Å². The zero-order chi connectivity index (χ0) is 12.5. The minimum Gasteiger partial charge on any atom is -0.239 e. The van der Waals surface area contributed by atoms with Gasteiger partial charge < -0.3 is 0 Å². The maximum atomic E-state index is 12.4. The van der Waals surface area contributed by atoms with E-state index in [2.05, 4.69) is 4.98 Å². The second kappa shape index (κ2) is 4.71. The van der Waals surface area contributed by atoms with Gasteiger partial charge in [-0.2, -0.15) is 13.2 Å². The third-order valence-electron chi connectivity index (χ3n) is 1.76. The van der Waals surface area contributed by atoms with Crippen LogP contribution in [0.4, 0.5) is 22.0 Å². The summed E-state index contributed by atoms with van der Waals surface area (Å²) in [7, 11) is 0. The van der Waals surface area contributed by atoms with E-state index in [9.17, 15) is 22.0 Å². The molecular formula is C8H4Cl2F5N. The lowest BCUT2D eigenvalue weighted by Crippen LogP contribution is -2.10. The second-order valence-electron chi connectivity index (χ2n) is 2.79. The molecule has 0 radical (unpaired) electrons. The van der Waals surface area contributed by atoms with Gasteiger partial charge in [0.25, 0.3) is 6.43 Å². The van der Waals surface area contributed by atoms with E-state index >= 15 is 0 Å². The molecule has 0 N–H and O–H groups in total. The van der Waals surface area contributed by atoms with E-state index < -0.39 is 34.8 Å². The molecule has 0 aliphatic carbocycles. The number of pyridine rings is 1. The van der Waals surface area contributed by atoms with Crippen LogP contribution in [-0.4, -0.2) is 4.98 Å². The Morgan fingerprint density at radius 1 is 1.31 bits per heavy atom. The minimum atomic E-state index is -4.82. The molecule has 0 aliphatic heterocycles. The molecule has 1 aromatic heterocycles. The van der Waals surface area contributed by atoms with Crippen LogP contribution in [0.5, 0.6) is 0 Å². The molecule has 8 heteroatoms. The van der Waals surface area contributed by atoms with E-state index in [-0.39, 0.29) is 11.8 Å². The molecule has 0 unspecified atom stereocenters. The molecule has 1 rings (SSSR count). The van der Waals surface area contributed by atoms with Crippen LogP contribution in [0.25, 0.3) is 0 Å². The van der Waals surface area contributed by atoms with Crippen molar-refractivity contribution >= 4 is 23.2 Å². The molecule has 0 spiro atoms. The van der Waals surface area contributed by atoms with Gasteiger partial charge >= 0.3 is 6.18 Å². The van der Waals surface area contributed by atoms with Crippen LogP contribution in [0, 0.1) is 0 Å². The summed E-state index contributed by atoms with van der Waals surface area (Å²) >= 11 is 10.5. The molecule has 0 saturated carbocycles. The summed E-state index contributed by atoms with van der Waals surface area (Å²) in [4.78, 5) is 3.21. The SMILES string of the molecule is FC(F)c1cc(C(F)(F)F)c(Cl)nc1CCl. The smallest absolute Gasteiger partial charge is 0.239 e. The normalized spacial score (nSPS) is 12.2. The van der Waals surface area contributed by atoms with Gasteiger partial charge in [0.05, 0.1) is 17.1 Å². The van der Waals surface area contributed by atoms with Gasteiger partial charge in [0.2, 0.25) is 0 Å². The van der Waals surface area contributed by atoms with Crippen LogP contribution in [0.3, 0.4) is 0 Å². The average molecular weight is 280 g/mol. The van der Waals surface area contributed by atoms with E-state index in [1.54, 1.807) is 0 Å². The molecule has 16 heavy (non-hydrogen) atoms. The Labute approximate surface area is 97.2 Å². The minimum absolute atomic E-state index is 0.276. The van der Waals surface area contributed by atoms with Crippen LogP contribution in [0.1, 0.15) is 23.2 Å². The lowest BCUT2D eigenvalue weighted by Gasteiger charge is -2.12. The molecule has 0 fully saturated rings. The molecule has 0 atom stereocenters. The third kappa shape index (κ3) is 2.74. The Balaban J connectivity index is 3.39. The fourth-order valence-electron chi connectivity index (χ4n) is 1.04. The summed E-state index contributed by atoms with van der Waals surface area (Å²) in [6.45, 7) is 0. The van der Waals surface area contributed by atoms with Gasteiger partial charge in [-0.15, -0.1) is 11.6 Å². The number of nitrogens with zero attached hydrogens (tertiary/aromatic N) is 1. The monoisotopic (exact) mass is 279 g/mol. The van der Waals surface area contributed by atoms with Crippen molar-refractivity contribution in [3.63, 3.8) is 0 Å². The Hall–Kier alpha value is -0.620. The number of aromatic nitrogens is 1. The van der Waals surface area contributed by atoms with E-state index in [1.165, 1.54) is 0 Å². The maximum Gasteiger partial charge on any atom is 0.419 e. The fraction of sp³-hybridized carbons (Fsp3) is 0.375. The zero-order valence-corrected chi connectivity index (χ0v) is 8.97. The molecule has 1 heterocycles. The summed E-state index contributed by atoms with van der Waals surface area (Å²) in [5.74, 6) is -0.433. The molecule has 0 saturated heterocycles. The zero-order valence-electron chi connectivity index (χ0n) is 7.45. The molecule has 1 nitrogen and oxygen atoms in total. The van der Waals surface area contributed by atoms with Crippen LogP contribution < -0.4 is 0 Å². The van der Waals surface area contributed by atoms with Crippen LogP contribution in [-0.2, 0) is 12.1 Å². The average Bonchev–Trinajstić information content (AvgIpc) is 2.14. The molecule has 0 aliphatic rings. The van der Waals surface area contributed by atoms with Gasteiger partial charge in [0.1, 0.15) is 5.15 Å². The highest BCUT2D eigenvalue weighted by Crippen LogP contribution is 2.37. The van der Waals surface area contributed by atoms with Crippen molar-refractivity contribution in [1.82, 2.24) is 4.98 Å². The lowest BCUT2D eigenvalue weighted by atomic mass is 10.1. The van der Waals surface area contributed by atoms with Crippen LogP contribution in [0.2, 0.25) is 5.15 Å². The third-order valence-corrected chi connectivity index (χ3v) is 2.30. The first-order chi connectivity index (χ1) is 7.27. The standard InChI is InChI=1S/C8H4Cl2F5N/c9-2-5-3(7(11)12)1-4(6(10)16-5)8(13,14)15/h1,7H,2H2. The van der Waals surface area contributed by atoms with Gasteiger partial charge in [-0.1, -0.05) is 11.6 Å². The van der Waals surface area contributed by atoms with Gasteiger partial charge in [-0.05, 0) is 6.07 Å². The van der Waals surface area contributed by atoms with Crippen molar-refractivity contribution in [3.8, 4) is 0 Å². The van der Waals surface area contributed by atoms with Gasteiger partial charge in [0.15, 0.2) is 0 Å². The predicted octanol–water partition coefficient (Wildman–Crippen LogP) is 4.43. The number of rotatable bonds is 2. The van der Waals surface area contributed by atoms with Crippen LogP contribution >= 0.6 is 23.2 Å². The maximum absolute atomic E-state index is 12.4. The lowest BCUT2D eigenvalue weighted by molar-refractivity contribution is -0.137. The predicted molar refractivity (Wildman–Crippen MR) is 48.8 cm³/mol. The van der Waals surface area contributed by atoms with Gasteiger partial charge in [-0.25, -0.2) is 13.8 Å². The Morgan fingerprint density at radius 3 is 2.25 bits per heavy atom. The van der Waals surface area contributed by atoms with Crippen molar-refractivity contribution in [1.29, 1.82) is 0 Å². The quantitative estimate of drug-likeness (QED) is 0.443. The Kier molecular flexibility index (Phi) is 3.96. The molecular weight excluding hydrogens is 276 g/mol. The second-order valence-corrected chi connectivity index (χ2v) is 3.42. The van der Waals surface area contributed by atoms with E-state index in [4.69, 9.17) is 23.2 Å². The Morgan fingerprint density at radius 2 is 1.88 bits per heavy atom. The van der Waals surface area contributed by atoms with Gasteiger partial charge in [-0.3, -0.25) is 0 Å². The largest absolute Gasteiger partial charge is 0.419 e. The summed E-state index contributed by atoms with van der Waals surface area (Å²) in [5, 5.41) is -0.882. The summed E-state index contributed by atoms with van der Waals surface area (Å²) < 4.78 is 61.8. The van der Waals surface area contributed by atoms with Crippen molar-refractivity contribution in [2.24, 2.45) is 0 Å². The highest BCUT2D eigenvalue weighted by atomic mass is 35.5. The Bertz CT molecular complexity index is 391. The van der Waals surface area contributed by atoms with Gasteiger partial charge in [0, 0.05) is 5.56 Å². The summed E-state index contributed by atoms with van der Waals surface area (Å²) in [5.41, 5.74) is -2.60. The highest BCUT2D eigenvalue weighted by molar-refractivity contribution is 6.30. The number of halogens is 7. The molecule has 0 aromatic carbocycles. The first-order valence-electron chi connectivity index (χ1n) is 3.88. The molecule has 0 amide bonds. The molecule has 90 valence electrons. The fourth-order valence-corrected chi connectivity index (χ4v) is 1.51. The first kappa shape index (κ1) is 13.4. The summed E-state index contributed by atoms with van der Waals surface area (Å²) in [6.07, 6.45) is -7.90. The molecule has 0 bridgehead atoms.